The lowest BCUT2D eigenvalue weighted by atomic mass is 9.96. The molecular weight excluding hydrogens is 256 g/mol. The van der Waals surface area contributed by atoms with Crippen LogP contribution in [-0.2, 0) is 14.9 Å². The molecule has 1 aromatic heterocycles. The molecular formula is C14H18N4O2. The Balaban J connectivity index is 2.79. The molecule has 0 aliphatic carbocycles. The van der Waals surface area contributed by atoms with Gasteiger partial charge in [-0.3, -0.25) is 0 Å². The minimum absolute atomic E-state index is 0.105. The SMILES string of the molecule is CCOC(=O)C(C#N)=CNc1cnc(C(C)(C)C)nc1. The Kier molecular flexibility index (Phi) is 5.21. The molecule has 0 bridgehead atoms. The van der Waals surface area contributed by atoms with Crippen molar-refractivity contribution in [3.63, 3.8) is 0 Å². The van der Waals surface area contributed by atoms with Gasteiger partial charge in [-0.25, -0.2) is 14.8 Å². The average Bonchev–Trinajstić information content (AvgIpc) is 2.39. The van der Waals surface area contributed by atoms with Crippen LogP contribution in [0.2, 0.25) is 0 Å². The molecule has 0 aromatic carbocycles. The molecule has 0 unspecified atom stereocenters. The summed E-state index contributed by atoms with van der Waals surface area (Å²) < 4.78 is 4.75. The number of nitrogens with one attached hydrogen (secondary N) is 1. The molecule has 0 spiro atoms. The van der Waals surface area contributed by atoms with Crippen molar-refractivity contribution in [3.05, 3.63) is 30.0 Å². The molecule has 6 heteroatoms. The van der Waals surface area contributed by atoms with Crippen molar-refractivity contribution in [2.75, 3.05) is 11.9 Å². The first kappa shape index (κ1) is 15.6. The number of aromatic nitrogens is 2. The normalized spacial score (nSPS) is 11.7. The van der Waals surface area contributed by atoms with Crippen LogP contribution in [0.25, 0.3) is 0 Å². The highest BCUT2D eigenvalue weighted by atomic mass is 16.5. The molecule has 0 amide bonds. The molecule has 1 aromatic rings. The second-order valence-electron chi connectivity index (χ2n) is 5.08. The number of nitrogens with zero attached hydrogens (tertiary/aromatic N) is 3. The standard InChI is InChI=1S/C14H18N4O2/c1-5-20-12(19)10(6-15)7-16-11-8-17-13(18-9-11)14(2,3)4/h7-9,16H,5H2,1-4H3. The van der Waals surface area contributed by atoms with E-state index in [4.69, 9.17) is 10.00 Å². The van der Waals surface area contributed by atoms with Gasteiger partial charge in [-0.2, -0.15) is 5.26 Å². The lowest BCUT2D eigenvalue weighted by Crippen LogP contribution is -2.15. The van der Waals surface area contributed by atoms with E-state index < -0.39 is 5.97 Å². The number of carbonyl (C=O) groups excluding carboxylic acids is 1. The van der Waals surface area contributed by atoms with E-state index in [1.165, 1.54) is 6.20 Å². The summed E-state index contributed by atoms with van der Waals surface area (Å²) in [6.45, 7) is 7.96. The summed E-state index contributed by atoms with van der Waals surface area (Å²) in [6, 6.07) is 1.78. The third-order valence-electron chi connectivity index (χ3n) is 2.32. The van der Waals surface area contributed by atoms with Gasteiger partial charge in [0.2, 0.25) is 0 Å². The molecule has 0 aliphatic heterocycles. The van der Waals surface area contributed by atoms with Gasteiger partial charge in [-0.1, -0.05) is 20.8 Å². The van der Waals surface area contributed by atoms with Crippen LogP contribution in [0.3, 0.4) is 0 Å². The smallest absolute Gasteiger partial charge is 0.350 e. The number of carbonyl (C=O) groups is 1. The molecule has 1 rings (SSSR count). The highest BCUT2D eigenvalue weighted by Crippen LogP contribution is 2.18. The predicted octanol–water partition coefficient (Wildman–Crippen LogP) is 2.16. The summed E-state index contributed by atoms with van der Waals surface area (Å²) in [5.41, 5.74) is 0.360. The lowest BCUT2D eigenvalue weighted by Gasteiger charge is -2.15. The number of hydrogen-bond acceptors (Lipinski definition) is 6. The summed E-state index contributed by atoms with van der Waals surface area (Å²) in [4.78, 5) is 19.9. The monoisotopic (exact) mass is 274 g/mol. The third-order valence-corrected chi connectivity index (χ3v) is 2.32. The molecule has 1 N–H and O–H groups in total. The summed E-state index contributed by atoms with van der Waals surface area (Å²) >= 11 is 0. The molecule has 0 aliphatic rings. The highest BCUT2D eigenvalue weighted by Gasteiger charge is 2.16. The molecule has 0 saturated heterocycles. The van der Waals surface area contributed by atoms with Crippen molar-refractivity contribution in [2.24, 2.45) is 0 Å². The minimum Gasteiger partial charge on any atom is -0.462 e. The molecule has 1 heterocycles. The van der Waals surface area contributed by atoms with Gasteiger partial charge in [-0.05, 0) is 6.92 Å². The van der Waals surface area contributed by atoms with Crippen LogP contribution in [0.1, 0.15) is 33.5 Å². The van der Waals surface area contributed by atoms with Crippen LogP contribution in [0.5, 0.6) is 0 Å². The van der Waals surface area contributed by atoms with Gasteiger partial charge in [0, 0.05) is 11.6 Å². The first-order valence-electron chi connectivity index (χ1n) is 6.25. The molecule has 0 atom stereocenters. The fourth-order valence-electron chi connectivity index (χ4n) is 1.29. The maximum absolute atomic E-state index is 11.4. The first-order chi connectivity index (χ1) is 9.38. The zero-order valence-electron chi connectivity index (χ0n) is 12.1. The van der Waals surface area contributed by atoms with Crippen molar-refractivity contribution in [1.29, 1.82) is 5.26 Å². The summed E-state index contributed by atoms with van der Waals surface area (Å²) in [7, 11) is 0. The molecule has 0 fully saturated rings. The maximum atomic E-state index is 11.4. The number of anilines is 1. The van der Waals surface area contributed by atoms with Gasteiger partial charge in [-0.15, -0.1) is 0 Å². The van der Waals surface area contributed by atoms with E-state index in [1.54, 1.807) is 25.4 Å². The number of hydrogen-bond donors (Lipinski definition) is 1. The van der Waals surface area contributed by atoms with Gasteiger partial charge in [0.15, 0.2) is 5.57 Å². The molecule has 0 saturated carbocycles. The topological polar surface area (TPSA) is 87.9 Å². The second kappa shape index (κ2) is 6.66. The van der Waals surface area contributed by atoms with Gasteiger partial charge >= 0.3 is 5.97 Å². The van der Waals surface area contributed by atoms with E-state index in [0.29, 0.717) is 5.69 Å². The van der Waals surface area contributed by atoms with E-state index in [2.05, 4.69) is 15.3 Å². The van der Waals surface area contributed by atoms with Gasteiger partial charge in [0.05, 0.1) is 24.7 Å². The van der Waals surface area contributed by atoms with E-state index in [-0.39, 0.29) is 17.6 Å². The van der Waals surface area contributed by atoms with E-state index in [1.807, 2.05) is 20.8 Å². The van der Waals surface area contributed by atoms with Crippen LogP contribution >= 0.6 is 0 Å². The Morgan fingerprint density at radius 2 is 2.05 bits per heavy atom. The fourth-order valence-corrected chi connectivity index (χ4v) is 1.29. The van der Waals surface area contributed by atoms with E-state index in [9.17, 15) is 4.79 Å². The van der Waals surface area contributed by atoms with Crippen molar-refractivity contribution in [2.45, 2.75) is 33.1 Å². The molecule has 6 nitrogen and oxygen atoms in total. The van der Waals surface area contributed by atoms with Crippen LogP contribution in [0.15, 0.2) is 24.2 Å². The second-order valence-corrected chi connectivity index (χ2v) is 5.08. The Morgan fingerprint density at radius 1 is 1.45 bits per heavy atom. The zero-order chi connectivity index (χ0) is 15.2. The van der Waals surface area contributed by atoms with Crippen LogP contribution in [-0.4, -0.2) is 22.5 Å². The lowest BCUT2D eigenvalue weighted by molar-refractivity contribution is -0.138. The number of ether oxygens (including phenoxy) is 1. The first-order valence-corrected chi connectivity index (χ1v) is 6.25. The minimum atomic E-state index is -0.658. The van der Waals surface area contributed by atoms with Crippen molar-refractivity contribution >= 4 is 11.7 Å². The number of rotatable bonds is 4. The molecule has 20 heavy (non-hydrogen) atoms. The molecule has 106 valence electrons. The van der Waals surface area contributed by atoms with Crippen molar-refractivity contribution in [1.82, 2.24) is 9.97 Å². The molecule has 0 radical (unpaired) electrons. The van der Waals surface area contributed by atoms with E-state index >= 15 is 0 Å². The fraction of sp³-hybridized carbons (Fsp3) is 0.429. The Hall–Kier alpha value is -2.42. The van der Waals surface area contributed by atoms with Crippen LogP contribution in [0.4, 0.5) is 5.69 Å². The van der Waals surface area contributed by atoms with Crippen LogP contribution < -0.4 is 5.32 Å². The average molecular weight is 274 g/mol. The number of esters is 1. The Labute approximate surface area is 118 Å². The van der Waals surface area contributed by atoms with E-state index in [0.717, 1.165) is 5.82 Å². The summed E-state index contributed by atoms with van der Waals surface area (Å²) in [5, 5.41) is 11.7. The van der Waals surface area contributed by atoms with Gasteiger partial charge < -0.3 is 10.1 Å². The maximum Gasteiger partial charge on any atom is 0.350 e. The summed E-state index contributed by atoms with van der Waals surface area (Å²) in [6.07, 6.45) is 4.49. The Morgan fingerprint density at radius 3 is 2.50 bits per heavy atom. The largest absolute Gasteiger partial charge is 0.462 e. The van der Waals surface area contributed by atoms with Crippen LogP contribution in [0, 0.1) is 11.3 Å². The quantitative estimate of drug-likeness (QED) is 0.514. The number of nitriles is 1. The summed E-state index contributed by atoms with van der Waals surface area (Å²) in [5.74, 6) is 0.0626. The Bertz CT molecular complexity index is 536. The van der Waals surface area contributed by atoms with Crippen molar-refractivity contribution < 1.29 is 9.53 Å². The third kappa shape index (κ3) is 4.35. The van der Waals surface area contributed by atoms with Crippen molar-refractivity contribution in [3.8, 4) is 6.07 Å². The van der Waals surface area contributed by atoms with Gasteiger partial charge in [0.25, 0.3) is 0 Å². The van der Waals surface area contributed by atoms with Gasteiger partial charge in [0.1, 0.15) is 11.9 Å². The highest BCUT2D eigenvalue weighted by molar-refractivity contribution is 5.93. The zero-order valence-corrected chi connectivity index (χ0v) is 12.1. The predicted molar refractivity (Wildman–Crippen MR) is 74.7 cm³/mol.